The molecule has 0 aliphatic carbocycles. The average molecular weight is 504 g/mol. The summed E-state index contributed by atoms with van der Waals surface area (Å²) in [6, 6.07) is 18.6. The van der Waals surface area contributed by atoms with Crippen LogP contribution < -0.4 is 16.0 Å². The van der Waals surface area contributed by atoms with E-state index >= 15 is 0 Å². The van der Waals surface area contributed by atoms with Gasteiger partial charge in [-0.2, -0.15) is 0 Å². The molecule has 1 unspecified atom stereocenters. The Bertz CT molecular complexity index is 1340. The second kappa shape index (κ2) is 10.7. The number of rotatable bonds is 7. The van der Waals surface area contributed by atoms with Crippen LogP contribution in [-0.4, -0.2) is 35.5 Å². The van der Waals surface area contributed by atoms with Crippen molar-refractivity contribution in [3.63, 3.8) is 0 Å². The van der Waals surface area contributed by atoms with Crippen molar-refractivity contribution in [3.8, 4) is 0 Å². The van der Waals surface area contributed by atoms with Crippen LogP contribution in [0.15, 0.2) is 71.6 Å². The molecule has 3 N–H and O–H groups in total. The molecule has 1 atom stereocenters. The molecule has 36 heavy (non-hydrogen) atoms. The number of ether oxygens (including phenoxy) is 1. The van der Waals surface area contributed by atoms with Crippen LogP contribution >= 0.6 is 11.8 Å². The number of carbonyl (C=O) groups is 4. The van der Waals surface area contributed by atoms with Crippen molar-refractivity contribution in [1.82, 2.24) is 0 Å². The summed E-state index contributed by atoms with van der Waals surface area (Å²) in [5.74, 6) is -1.79. The first-order chi connectivity index (χ1) is 17.2. The number of nitrogen functional groups attached to an aromatic ring is 1. The number of hydrogen-bond acceptors (Lipinski definition) is 7. The third-order valence-electron chi connectivity index (χ3n) is 5.82. The lowest BCUT2D eigenvalue weighted by Crippen LogP contribution is -2.31. The average Bonchev–Trinajstić information content (AvgIpc) is 3.13. The number of amides is 3. The van der Waals surface area contributed by atoms with Gasteiger partial charge in [-0.15, -0.1) is 11.8 Å². The van der Waals surface area contributed by atoms with Crippen LogP contribution in [0.25, 0.3) is 0 Å². The van der Waals surface area contributed by atoms with Crippen molar-refractivity contribution in [1.29, 1.82) is 0 Å². The van der Waals surface area contributed by atoms with E-state index in [2.05, 4.69) is 5.32 Å². The van der Waals surface area contributed by atoms with Gasteiger partial charge in [0.2, 0.25) is 11.8 Å². The van der Waals surface area contributed by atoms with Gasteiger partial charge in [0.25, 0.3) is 5.91 Å². The van der Waals surface area contributed by atoms with E-state index in [9.17, 15) is 19.2 Å². The summed E-state index contributed by atoms with van der Waals surface area (Å²) in [6.07, 6.45) is 0.0671. The minimum Gasteiger partial charge on any atom is -0.452 e. The molecule has 3 amide bonds. The zero-order valence-corrected chi connectivity index (χ0v) is 20.6. The smallest absolute Gasteiger partial charge is 0.338 e. The number of benzene rings is 3. The van der Waals surface area contributed by atoms with Gasteiger partial charge in [0, 0.05) is 22.7 Å². The second-order valence-corrected chi connectivity index (χ2v) is 9.65. The van der Waals surface area contributed by atoms with Gasteiger partial charge in [0.05, 0.1) is 16.5 Å². The van der Waals surface area contributed by atoms with Crippen molar-refractivity contribution in [2.75, 3.05) is 22.6 Å². The molecule has 184 valence electrons. The number of anilines is 3. The van der Waals surface area contributed by atoms with Gasteiger partial charge in [0.1, 0.15) is 0 Å². The fraction of sp³-hybridized carbons (Fsp3) is 0.185. The number of thioether (sulfide) groups is 1. The summed E-state index contributed by atoms with van der Waals surface area (Å²) in [4.78, 5) is 52.0. The second-order valence-electron chi connectivity index (χ2n) is 8.37. The first-order valence-corrected chi connectivity index (χ1v) is 12.1. The molecule has 1 fully saturated rings. The Morgan fingerprint density at radius 2 is 1.78 bits per heavy atom. The number of hydrogen-bond donors (Lipinski definition) is 2. The van der Waals surface area contributed by atoms with Crippen LogP contribution in [0.1, 0.15) is 27.9 Å². The molecule has 0 spiro atoms. The molecule has 1 aliphatic heterocycles. The number of nitrogens with two attached hydrogens (primary N) is 1. The number of imide groups is 1. The van der Waals surface area contributed by atoms with E-state index in [1.54, 1.807) is 24.3 Å². The summed E-state index contributed by atoms with van der Waals surface area (Å²) in [7, 11) is 0. The lowest BCUT2D eigenvalue weighted by atomic mass is 10.1. The Hall–Kier alpha value is -4.11. The molecule has 8 nitrogen and oxygen atoms in total. The monoisotopic (exact) mass is 503 g/mol. The third kappa shape index (κ3) is 5.58. The fourth-order valence-electron chi connectivity index (χ4n) is 3.75. The van der Waals surface area contributed by atoms with E-state index in [-0.39, 0.29) is 23.8 Å². The minimum atomic E-state index is -0.688. The highest BCUT2D eigenvalue weighted by molar-refractivity contribution is 8.00. The molecule has 1 aliphatic rings. The fourth-order valence-corrected chi connectivity index (χ4v) is 4.88. The highest BCUT2D eigenvalue weighted by Crippen LogP contribution is 2.34. The molecule has 1 heterocycles. The zero-order valence-electron chi connectivity index (χ0n) is 19.8. The molecule has 0 aromatic heterocycles. The highest BCUT2D eigenvalue weighted by atomic mass is 32.2. The van der Waals surface area contributed by atoms with Crippen LogP contribution in [0.2, 0.25) is 0 Å². The first kappa shape index (κ1) is 25.0. The van der Waals surface area contributed by atoms with Crippen molar-refractivity contribution in [2.24, 2.45) is 0 Å². The van der Waals surface area contributed by atoms with Gasteiger partial charge in [-0.1, -0.05) is 18.2 Å². The summed E-state index contributed by atoms with van der Waals surface area (Å²) in [5, 5.41) is 2.18. The van der Waals surface area contributed by atoms with Crippen LogP contribution in [-0.2, 0) is 19.1 Å². The molecule has 3 aromatic rings. The van der Waals surface area contributed by atoms with Crippen molar-refractivity contribution >= 4 is 52.5 Å². The predicted molar refractivity (Wildman–Crippen MR) is 139 cm³/mol. The quantitative estimate of drug-likeness (QED) is 0.283. The molecular weight excluding hydrogens is 478 g/mol. The largest absolute Gasteiger partial charge is 0.452 e. The van der Waals surface area contributed by atoms with E-state index in [4.69, 9.17) is 10.5 Å². The van der Waals surface area contributed by atoms with Gasteiger partial charge in [-0.05, 0) is 73.5 Å². The molecule has 0 bridgehead atoms. The number of nitrogens with zero attached hydrogens (tertiary/aromatic N) is 1. The standard InChI is InChI=1S/C27H25N3O5S/c1-16-5-3-8-22(17(16)2)29-24(31)15-35-27(34)18-9-11-20(12-10-18)30-25(32)14-23(26(30)33)36-21-7-4-6-19(28)13-21/h3-13,23H,14-15,28H2,1-2H3,(H,29,31). The number of esters is 1. The Labute approximate surface area is 212 Å². The summed E-state index contributed by atoms with van der Waals surface area (Å²) < 4.78 is 5.12. The Morgan fingerprint density at radius 1 is 1.06 bits per heavy atom. The summed E-state index contributed by atoms with van der Waals surface area (Å²) >= 11 is 1.29. The van der Waals surface area contributed by atoms with Gasteiger partial charge < -0.3 is 15.8 Å². The van der Waals surface area contributed by atoms with E-state index in [1.807, 2.05) is 32.0 Å². The highest BCUT2D eigenvalue weighted by Gasteiger charge is 2.40. The molecule has 0 saturated carbocycles. The topological polar surface area (TPSA) is 119 Å². The first-order valence-electron chi connectivity index (χ1n) is 11.2. The molecule has 9 heteroatoms. The molecule has 0 radical (unpaired) electrons. The van der Waals surface area contributed by atoms with Crippen LogP contribution in [0.3, 0.4) is 0 Å². The SMILES string of the molecule is Cc1cccc(NC(=O)COC(=O)c2ccc(N3C(=O)CC(Sc4cccc(N)c4)C3=O)cc2)c1C. The van der Waals surface area contributed by atoms with Gasteiger partial charge in [-0.3, -0.25) is 14.4 Å². The number of aryl methyl sites for hydroxylation is 1. The maximum atomic E-state index is 12.9. The summed E-state index contributed by atoms with van der Waals surface area (Å²) in [6.45, 7) is 3.39. The van der Waals surface area contributed by atoms with Crippen LogP contribution in [0.5, 0.6) is 0 Å². The zero-order chi connectivity index (χ0) is 25.8. The molecule has 3 aromatic carbocycles. The predicted octanol–water partition coefficient (Wildman–Crippen LogP) is 4.11. The Kier molecular flexibility index (Phi) is 7.40. The molecule has 1 saturated heterocycles. The van der Waals surface area contributed by atoms with Crippen LogP contribution in [0.4, 0.5) is 17.1 Å². The lowest BCUT2D eigenvalue weighted by molar-refractivity contribution is -0.121. The van der Waals surface area contributed by atoms with Gasteiger partial charge in [0.15, 0.2) is 6.61 Å². The maximum absolute atomic E-state index is 12.9. The summed E-state index contributed by atoms with van der Waals surface area (Å²) in [5.41, 5.74) is 9.58. The van der Waals surface area contributed by atoms with Gasteiger partial charge in [-0.25, -0.2) is 9.69 Å². The minimum absolute atomic E-state index is 0.0671. The number of carbonyl (C=O) groups excluding carboxylic acids is 4. The van der Waals surface area contributed by atoms with Crippen molar-refractivity contribution in [2.45, 2.75) is 30.4 Å². The van der Waals surface area contributed by atoms with E-state index in [0.717, 1.165) is 20.9 Å². The van der Waals surface area contributed by atoms with Crippen LogP contribution in [0, 0.1) is 13.8 Å². The normalized spacial score (nSPS) is 15.2. The van der Waals surface area contributed by atoms with Gasteiger partial charge >= 0.3 is 5.97 Å². The number of nitrogens with one attached hydrogen (secondary N) is 1. The van der Waals surface area contributed by atoms with Crippen molar-refractivity contribution < 1.29 is 23.9 Å². The van der Waals surface area contributed by atoms with E-state index in [0.29, 0.717) is 17.1 Å². The van der Waals surface area contributed by atoms with Crippen molar-refractivity contribution in [3.05, 3.63) is 83.4 Å². The third-order valence-corrected chi connectivity index (χ3v) is 6.99. The molecular formula is C27H25N3O5S. The molecule has 4 rings (SSSR count). The Balaban J connectivity index is 1.35. The van der Waals surface area contributed by atoms with E-state index in [1.165, 1.54) is 36.0 Å². The van der Waals surface area contributed by atoms with E-state index < -0.39 is 23.7 Å². The Morgan fingerprint density at radius 3 is 2.50 bits per heavy atom. The maximum Gasteiger partial charge on any atom is 0.338 e. The lowest BCUT2D eigenvalue weighted by Gasteiger charge is -2.15.